The van der Waals surface area contributed by atoms with Crippen molar-refractivity contribution in [3.63, 3.8) is 0 Å². The first-order valence-corrected chi connectivity index (χ1v) is 33.7. The van der Waals surface area contributed by atoms with Crippen LogP contribution >= 0.6 is 6.72 Å². The van der Waals surface area contributed by atoms with E-state index >= 15 is 0 Å². The van der Waals surface area contributed by atoms with Gasteiger partial charge in [0.15, 0.2) is 14.4 Å². The second kappa shape index (κ2) is 22.7. The summed E-state index contributed by atoms with van der Waals surface area (Å²) in [6.45, 7) is 13.3. The van der Waals surface area contributed by atoms with Crippen LogP contribution in [0.4, 0.5) is 0 Å². The van der Waals surface area contributed by atoms with Gasteiger partial charge in [0.05, 0.1) is 19.1 Å². The monoisotopic (exact) mass is 1160 g/mol. The van der Waals surface area contributed by atoms with Crippen LogP contribution in [0.1, 0.15) is 98.7 Å². The molecule has 0 spiro atoms. The van der Waals surface area contributed by atoms with Gasteiger partial charge in [0.1, 0.15) is 18.6 Å². The predicted octanol–water partition coefficient (Wildman–Crippen LogP) is 5.34. The molecule has 420 valence electrons. The number of aryl methyl sites for hydroxylation is 2. The molecule has 0 aliphatic carbocycles. The molecule has 19 nitrogen and oxygen atoms in total. The zero-order valence-electron chi connectivity index (χ0n) is 45.7. The van der Waals surface area contributed by atoms with E-state index in [4.69, 9.17) is 22.8 Å². The summed E-state index contributed by atoms with van der Waals surface area (Å²) in [6.07, 6.45) is -5.20. The van der Waals surface area contributed by atoms with E-state index < -0.39 is 118 Å². The molecule has 4 N–H and O–H groups in total. The number of hydrogen-bond acceptors (Lipinski definition) is 13. The number of benzene rings is 4. The van der Waals surface area contributed by atoms with Gasteiger partial charge in [-0.15, -0.1) is 0 Å². The van der Waals surface area contributed by atoms with Crippen LogP contribution in [0.3, 0.4) is 0 Å². The highest BCUT2D eigenvalue weighted by atomic mass is 32.5. The van der Waals surface area contributed by atoms with Crippen molar-refractivity contribution in [2.45, 2.75) is 133 Å². The van der Waals surface area contributed by atoms with Crippen molar-refractivity contribution in [3.05, 3.63) is 198 Å². The first-order valence-electron chi connectivity index (χ1n) is 25.8. The van der Waals surface area contributed by atoms with Gasteiger partial charge in [-0.3, -0.25) is 38.1 Å². The Labute approximate surface area is 462 Å². The van der Waals surface area contributed by atoms with Crippen molar-refractivity contribution in [1.82, 2.24) is 18.3 Å². The third-order valence-electron chi connectivity index (χ3n) is 15.0. The maximum Gasteiger partial charge on any atom is 0.523 e. The number of aliphatic hydroxyl groups excluding tert-OH is 1. The van der Waals surface area contributed by atoms with E-state index in [0.29, 0.717) is 9.13 Å². The van der Waals surface area contributed by atoms with Gasteiger partial charge in [-0.25, -0.2) is 14.1 Å². The Kier molecular flexibility index (Phi) is 17.1. The van der Waals surface area contributed by atoms with E-state index in [1.165, 1.54) is 50.5 Å². The Bertz CT molecular complexity index is 3480. The van der Waals surface area contributed by atoms with E-state index in [9.17, 15) is 48.8 Å². The molecule has 2 saturated heterocycles. The molecule has 4 heterocycles. The van der Waals surface area contributed by atoms with Crippen LogP contribution in [-0.2, 0) is 33.8 Å². The predicted molar refractivity (Wildman–Crippen MR) is 305 cm³/mol. The van der Waals surface area contributed by atoms with Crippen molar-refractivity contribution < 1.29 is 52.4 Å². The first-order chi connectivity index (χ1) is 37.0. The van der Waals surface area contributed by atoms with Crippen LogP contribution in [0.5, 0.6) is 0 Å². The minimum absolute atomic E-state index is 0.0304. The molecule has 2 fully saturated rings. The van der Waals surface area contributed by atoms with Crippen LogP contribution in [0.15, 0.2) is 153 Å². The van der Waals surface area contributed by atoms with Gasteiger partial charge in [0.25, 0.3) is 42.2 Å². The quantitative estimate of drug-likeness (QED) is 0.0439. The molecule has 23 heteroatoms. The fourth-order valence-electron chi connectivity index (χ4n) is 9.89. The number of aromatic nitrogens is 4. The molecule has 79 heavy (non-hydrogen) atoms. The van der Waals surface area contributed by atoms with Gasteiger partial charge >= 0.3 is 23.5 Å². The van der Waals surface area contributed by atoms with Crippen molar-refractivity contribution in [2.24, 2.45) is 0 Å². The van der Waals surface area contributed by atoms with Crippen molar-refractivity contribution >= 4 is 56.5 Å². The lowest BCUT2D eigenvalue weighted by Gasteiger charge is -2.44. The molecule has 6 aromatic rings. The molecule has 7 atom stereocenters. The number of carbonyl (C=O) groups is 2. The molecular weight excluding hydrogens is 1090 g/mol. The highest BCUT2D eigenvalue weighted by Crippen LogP contribution is 2.52. The summed E-state index contributed by atoms with van der Waals surface area (Å²) >= 11 is 0. The Morgan fingerprint density at radius 3 is 1.56 bits per heavy atom. The molecule has 4 aromatic carbocycles. The van der Waals surface area contributed by atoms with Crippen molar-refractivity contribution in [3.8, 4) is 0 Å². The Morgan fingerprint density at radius 2 is 1.13 bits per heavy atom. The largest absolute Gasteiger partial charge is 0.523 e. The Balaban J connectivity index is 1.20. The van der Waals surface area contributed by atoms with E-state index in [1.54, 1.807) is 36.4 Å². The summed E-state index contributed by atoms with van der Waals surface area (Å²) in [6, 6.07) is 34.6. The van der Waals surface area contributed by atoms with Gasteiger partial charge in [0.2, 0.25) is 5.79 Å². The van der Waals surface area contributed by atoms with Gasteiger partial charge in [-0.2, -0.15) is 9.13 Å². The zero-order valence-corrected chi connectivity index (χ0v) is 49.4. The highest BCUT2D eigenvalue weighted by Gasteiger charge is 2.59. The summed E-state index contributed by atoms with van der Waals surface area (Å²) in [5.74, 6) is -4.52. The summed E-state index contributed by atoms with van der Waals surface area (Å²) in [4.78, 5) is 107. The van der Waals surface area contributed by atoms with Crippen LogP contribution in [0.2, 0.25) is 23.2 Å². The molecule has 8 rings (SSSR count). The second-order valence-electron chi connectivity index (χ2n) is 22.5. The number of aliphatic hydroxyl groups is 2. The van der Waals surface area contributed by atoms with Crippen LogP contribution < -0.4 is 32.9 Å². The highest BCUT2D eigenvalue weighted by molar-refractivity contribution is 8.17. The maximum absolute atomic E-state index is 14.4. The average Bonchev–Trinajstić information content (AvgIpc) is 4.22. The Morgan fingerprint density at radius 1 is 0.696 bits per heavy atom. The van der Waals surface area contributed by atoms with Crippen molar-refractivity contribution in [2.75, 3.05) is 6.61 Å². The molecule has 0 radical (unpaired) electrons. The number of rotatable bonds is 15. The normalized spacial score (nSPS) is 21.5. The van der Waals surface area contributed by atoms with Crippen LogP contribution in [0.25, 0.3) is 0 Å². The average molecular weight is 1160 g/mol. The molecule has 2 aliphatic heterocycles. The van der Waals surface area contributed by atoms with Gasteiger partial charge in [-0.1, -0.05) is 139 Å². The lowest BCUT2D eigenvalue weighted by atomic mass is 10.1. The first kappa shape index (κ1) is 59.4. The van der Waals surface area contributed by atoms with Gasteiger partial charge < -0.3 is 28.5 Å². The fourth-order valence-corrected chi connectivity index (χ4v) is 18.8. The molecule has 0 amide bonds. The van der Waals surface area contributed by atoms with Crippen molar-refractivity contribution in [1.29, 1.82) is 0 Å². The van der Waals surface area contributed by atoms with E-state index in [1.807, 2.05) is 115 Å². The third-order valence-corrected chi connectivity index (χ3v) is 27.5. The topological polar surface area (TPSA) is 249 Å². The van der Waals surface area contributed by atoms with E-state index in [0.717, 1.165) is 19.5 Å². The number of hydrogen-bond donors (Lipinski definition) is 4. The second-order valence-corrected chi connectivity index (χ2v) is 35.5. The summed E-state index contributed by atoms with van der Waals surface area (Å²) in [7, 11) is -6.07. The fraction of sp³-hybridized carbons (Fsp3) is 0.393. The number of nitrogens with zero attached hydrogens (tertiary/aromatic N) is 4. The third kappa shape index (κ3) is 11.9. The lowest BCUT2D eigenvalue weighted by Crippen LogP contribution is -2.67. The maximum atomic E-state index is 14.4. The SMILES string of the molecule is Cc1cn([C@H]2C[C@H](O[Si](C)(C)C(C)(C)C)[C@@H](C(O)[S+]=P(O)(O)O[C@]3(O)C[C@H](n4cc(C)c(=O)n(C(=O)c5ccccc5)c4=O)O[C@@H]3CO[Si](c3ccccc3)(c3ccccc3)C(C)(C)C)O2)c(=O)n(C(=O)c2ccccc2)c1=O. The molecule has 2 aliphatic rings. The van der Waals surface area contributed by atoms with Gasteiger partial charge in [0, 0.05) is 41.1 Å². The number of ether oxygens (including phenoxy) is 2. The molecule has 0 bridgehead atoms. The summed E-state index contributed by atoms with van der Waals surface area (Å²) in [5.41, 5.74) is -5.63. The van der Waals surface area contributed by atoms with Crippen LogP contribution in [0, 0.1) is 13.8 Å². The molecular formula is C56H68N4O15PSSi2+. The molecule has 2 aromatic heterocycles. The zero-order chi connectivity index (χ0) is 57.6. The minimum Gasteiger partial charge on any atom is -0.411 e. The minimum atomic E-state index is -5.10. The smallest absolute Gasteiger partial charge is 0.411 e. The van der Waals surface area contributed by atoms with E-state index in [2.05, 4.69) is 0 Å². The molecule has 1 unspecified atom stereocenters. The summed E-state index contributed by atoms with van der Waals surface area (Å²) < 4.78 is 36.0. The van der Waals surface area contributed by atoms with Crippen LogP contribution in [-0.4, -0.2) is 103 Å². The van der Waals surface area contributed by atoms with Gasteiger partial charge in [-0.05, 0) is 71.7 Å². The summed E-state index contributed by atoms with van der Waals surface area (Å²) in [5, 5.41) is 25.9. The standard InChI is InChI=1S/C56H68N4O15PSSi2/c1-36-33-57(52(66)59(47(36)61)49(63)38-23-15-11-16-24-38)44-31-42(74-78(9,10)54(3,4)5)46(73-44)51(65)77-76(69,70)75-56(68)32-45(58-34-37(2)48(62)60(53(58)67)50(64)39-25-17-12-18-26-39)72-43(56)35-71-79(55(6,7)8,40-27-19-13-20-28-40)41-29-21-14-22-30-41/h11-30,33-34,42-46,51,65,68-70H,31-32,35H2,1-10H3/q+1/t42-,43+,44+,45+,46-,51?,56+/m0/s1. The lowest BCUT2D eigenvalue weighted by molar-refractivity contribution is -0.186. The Hall–Kier alpha value is -5.70. The van der Waals surface area contributed by atoms with E-state index in [-0.39, 0.29) is 44.7 Å². The molecule has 0 saturated carbocycles. The number of carbonyl (C=O) groups excluding carboxylic acids is 2.